The number of hydrogen-bond acceptors (Lipinski definition) is 5. The van der Waals surface area contributed by atoms with Gasteiger partial charge >= 0.3 is 5.97 Å². The summed E-state index contributed by atoms with van der Waals surface area (Å²) in [4.78, 5) is 37.4. The minimum atomic E-state index is -0.640. The number of hydrogen-bond donors (Lipinski definition) is 0. The van der Waals surface area contributed by atoms with E-state index in [4.69, 9.17) is 9.47 Å². The van der Waals surface area contributed by atoms with Crippen LogP contribution in [0.2, 0.25) is 0 Å². The van der Waals surface area contributed by atoms with Crippen molar-refractivity contribution in [3.8, 4) is 5.75 Å². The predicted octanol–water partition coefficient (Wildman–Crippen LogP) is 2.14. The van der Waals surface area contributed by atoms with Crippen molar-refractivity contribution in [3.63, 3.8) is 0 Å². The summed E-state index contributed by atoms with van der Waals surface area (Å²) < 4.78 is 10.5. The van der Waals surface area contributed by atoms with Crippen LogP contribution in [-0.2, 0) is 20.7 Å². The largest absolute Gasteiger partial charge is 0.490 e. The fourth-order valence-corrected chi connectivity index (χ4v) is 2.68. The lowest BCUT2D eigenvalue weighted by Gasteiger charge is -2.25. The molecule has 0 aromatic heterocycles. The Balaban J connectivity index is 1.48. The van der Waals surface area contributed by atoms with E-state index in [1.807, 2.05) is 31.2 Å². The highest BCUT2D eigenvalue weighted by Crippen LogP contribution is 2.19. The molecule has 0 unspecified atom stereocenters. The number of esters is 1. The van der Waals surface area contributed by atoms with Crippen molar-refractivity contribution in [2.45, 2.75) is 13.3 Å². The molecule has 0 fully saturated rings. The second-order valence-corrected chi connectivity index (χ2v) is 6.00. The van der Waals surface area contributed by atoms with Crippen molar-refractivity contribution in [3.05, 3.63) is 65.2 Å². The van der Waals surface area contributed by atoms with Gasteiger partial charge in [0.25, 0.3) is 5.91 Å². The van der Waals surface area contributed by atoms with Gasteiger partial charge in [-0.2, -0.15) is 0 Å². The number of imide groups is 1. The first-order valence-electron chi connectivity index (χ1n) is 8.32. The molecule has 0 spiro atoms. The van der Waals surface area contributed by atoms with Crippen LogP contribution in [0.15, 0.2) is 48.5 Å². The molecule has 0 aliphatic carbocycles. The van der Waals surface area contributed by atoms with Gasteiger partial charge in [0.1, 0.15) is 25.5 Å². The average molecular weight is 353 g/mol. The van der Waals surface area contributed by atoms with Crippen LogP contribution < -0.4 is 4.74 Å². The smallest absolute Gasteiger partial charge is 0.326 e. The molecule has 0 N–H and O–H groups in total. The lowest BCUT2D eigenvalue weighted by atomic mass is 9.98. The molecule has 0 radical (unpaired) electrons. The van der Waals surface area contributed by atoms with Gasteiger partial charge < -0.3 is 9.47 Å². The number of amides is 2. The Hall–Kier alpha value is -3.15. The molecular weight excluding hydrogens is 334 g/mol. The highest BCUT2D eigenvalue weighted by Gasteiger charge is 2.32. The molecule has 2 amide bonds. The van der Waals surface area contributed by atoms with E-state index in [-0.39, 0.29) is 19.6 Å². The average Bonchev–Trinajstić information content (AvgIpc) is 2.64. The van der Waals surface area contributed by atoms with Crippen LogP contribution in [0, 0.1) is 6.92 Å². The number of nitrogens with zero attached hydrogens (tertiary/aromatic N) is 1. The zero-order valence-electron chi connectivity index (χ0n) is 14.4. The number of ether oxygens (including phenoxy) is 2. The monoisotopic (exact) mass is 353 g/mol. The fraction of sp³-hybridized carbons (Fsp3) is 0.250. The summed E-state index contributed by atoms with van der Waals surface area (Å²) in [6, 6.07) is 14.4. The third kappa shape index (κ3) is 4.08. The van der Waals surface area contributed by atoms with Gasteiger partial charge in [-0.3, -0.25) is 19.3 Å². The Labute approximate surface area is 151 Å². The van der Waals surface area contributed by atoms with Crippen molar-refractivity contribution < 1.29 is 23.9 Å². The highest BCUT2D eigenvalue weighted by atomic mass is 16.6. The van der Waals surface area contributed by atoms with Gasteiger partial charge in [-0.1, -0.05) is 35.9 Å². The number of rotatable bonds is 6. The second kappa shape index (κ2) is 7.82. The number of aryl methyl sites for hydroxylation is 1. The molecule has 2 aromatic carbocycles. The Bertz CT molecular complexity index is 828. The van der Waals surface area contributed by atoms with E-state index in [0.717, 1.165) is 10.5 Å². The Morgan fingerprint density at radius 3 is 2.54 bits per heavy atom. The fourth-order valence-electron chi connectivity index (χ4n) is 2.68. The van der Waals surface area contributed by atoms with Gasteiger partial charge in [-0.05, 0) is 30.7 Å². The third-order valence-electron chi connectivity index (χ3n) is 4.06. The van der Waals surface area contributed by atoms with Crippen molar-refractivity contribution in [1.29, 1.82) is 0 Å². The van der Waals surface area contributed by atoms with Crippen LogP contribution in [0.25, 0.3) is 0 Å². The van der Waals surface area contributed by atoms with Gasteiger partial charge in [0.05, 0.1) is 6.42 Å². The topological polar surface area (TPSA) is 72.9 Å². The number of carbonyl (C=O) groups excluding carboxylic acids is 3. The number of fused-ring (bicyclic) bond motifs is 1. The predicted molar refractivity (Wildman–Crippen MR) is 93.8 cm³/mol. The first kappa shape index (κ1) is 17.7. The molecule has 0 saturated heterocycles. The molecule has 26 heavy (non-hydrogen) atoms. The SMILES string of the molecule is Cc1ccc(OCCOC(=O)CN2C(=O)Cc3ccccc3C2=O)cc1. The Kier molecular flexibility index (Phi) is 5.31. The molecule has 2 aromatic rings. The molecule has 6 heteroatoms. The van der Waals surface area contributed by atoms with E-state index in [1.165, 1.54) is 0 Å². The van der Waals surface area contributed by atoms with Crippen LogP contribution in [0.3, 0.4) is 0 Å². The van der Waals surface area contributed by atoms with Crippen LogP contribution in [0.4, 0.5) is 0 Å². The maximum Gasteiger partial charge on any atom is 0.326 e. The van der Waals surface area contributed by atoms with E-state index in [1.54, 1.807) is 24.3 Å². The van der Waals surface area contributed by atoms with Crippen molar-refractivity contribution in [2.24, 2.45) is 0 Å². The Morgan fingerprint density at radius 2 is 1.77 bits per heavy atom. The summed E-state index contributed by atoms with van der Waals surface area (Å²) in [6.45, 7) is 1.82. The molecule has 134 valence electrons. The van der Waals surface area contributed by atoms with Crippen LogP contribution in [0.5, 0.6) is 5.75 Å². The molecule has 1 heterocycles. The molecular formula is C20H19NO5. The zero-order chi connectivity index (χ0) is 18.5. The lowest BCUT2D eigenvalue weighted by molar-refractivity contribution is -0.148. The summed E-state index contributed by atoms with van der Waals surface area (Å²) in [6.07, 6.45) is 0.103. The minimum absolute atomic E-state index is 0.0412. The second-order valence-electron chi connectivity index (χ2n) is 6.00. The number of carbonyl (C=O) groups is 3. The highest BCUT2D eigenvalue weighted by molar-refractivity contribution is 6.11. The van der Waals surface area contributed by atoms with Crippen molar-refractivity contribution >= 4 is 17.8 Å². The summed E-state index contributed by atoms with van der Waals surface area (Å²) in [7, 11) is 0. The number of benzene rings is 2. The molecule has 0 atom stereocenters. The molecule has 0 saturated carbocycles. The van der Waals surface area contributed by atoms with Crippen LogP contribution in [-0.4, -0.2) is 42.4 Å². The maximum atomic E-state index is 12.4. The van der Waals surface area contributed by atoms with E-state index < -0.39 is 24.3 Å². The molecule has 0 bridgehead atoms. The van der Waals surface area contributed by atoms with Gasteiger partial charge in [0, 0.05) is 5.56 Å². The quantitative estimate of drug-likeness (QED) is 0.452. The van der Waals surface area contributed by atoms with Gasteiger partial charge in [0.2, 0.25) is 5.91 Å². The van der Waals surface area contributed by atoms with Gasteiger partial charge in [0.15, 0.2) is 0 Å². The van der Waals surface area contributed by atoms with Crippen molar-refractivity contribution in [2.75, 3.05) is 19.8 Å². The molecule has 1 aliphatic heterocycles. The van der Waals surface area contributed by atoms with Crippen LogP contribution in [0.1, 0.15) is 21.5 Å². The van der Waals surface area contributed by atoms with E-state index in [0.29, 0.717) is 16.9 Å². The minimum Gasteiger partial charge on any atom is -0.490 e. The summed E-state index contributed by atoms with van der Waals surface area (Å²) in [5, 5.41) is 0. The zero-order valence-corrected chi connectivity index (χ0v) is 14.4. The molecule has 1 aliphatic rings. The maximum absolute atomic E-state index is 12.4. The van der Waals surface area contributed by atoms with Gasteiger partial charge in [-0.15, -0.1) is 0 Å². The van der Waals surface area contributed by atoms with Gasteiger partial charge in [-0.25, -0.2) is 0 Å². The summed E-state index contributed by atoms with van der Waals surface area (Å²) in [5.74, 6) is -0.825. The van der Waals surface area contributed by atoms with Crippen molar-refractivity contribution in [1.82, 2.24) is 4.90 Å². The summed E-state index contributed by atoms with van der Waals surface area (Å²) in [5.41, 5.74) is 2.25. The Morgan fingerprint density at radius 1 is 1.04 bits per heavy atom. The van der Waals surface area contributed by atoms with E-state index in [2.05, 4.69) is 0 Å². The van der Waals surface area contributed by atoms with E-state index in [9.17, 15) is 14.4 Å². The standard InChI is InChI=1S/C20H19NO5/c1-14-6-8-16(9-7-14)25-10-11-26-19(23)13-21-18(22)12-15-4-2-3-5-17(15)20(21)24/h2-9H,10-13H2,1H3. The molecule has 3 rings (SSSR count). The third-order valence-corrected chi connectivity index (χ3v) is 4.06. The van der Waals surface area contributed by atoms with Crippen LogP contribution >= 0.6 is 0 Å². The first-order chi connectivity index (χ1) is 12.5. The molecule has 6 nitrogen and oxygen atoms in total. The summed E-state index contributed by atoms with van der Waals surface area (Å²) >= 11 is 0. The normalized spacial score (nSPS) is 13.3. The lowest BCUT2D eigenvalue weighted by Crippen LogP contribution is -2.45. The van der Waals surface area contributed by atoms with E-state index >= 15 is 0 Å². The first-order valence-corrected chi connectivity index (χ1v) is 8.32.